The predicted molar refractivity (Wildman–Crippen MR) is 83.4 cm³/mol. The molecule has 0 heterocycles. The Balaban J connectivity index is 2.81. The fourth-order valence-electron chi connectivity index (χ4n) is 1.77. The molecule has 1 aromatic rings. The van der Waals surface area contributed by atoms with E-state index in [1.807, 2.05) is 13.8 Å². The highest BCUT2D eigenvalue weighted by Crippen LogP contribution is 2.24. The third kappa shape index (κ3) is 5.93. The second-order valence-electron chi connectivity index (χ2n) is 4.87. The Kier molecular flexibility index (Phi) is 6.48. The summed E-state index contributed by atoms with van der Waals surface area (Å²) in [6.07, 6.45) is 0.744. The molecule has 0 fully saturated rings. The lowest BCUT2D eigenvalue weighted by molar-refractivity contribution is -0.119. The van der Waals surface area contributed by atoms with Crippen molar-refractivity contribution in [3.8, 4) is 5.75 Å². The molecule has 118 valence electrons. The van der Waals surface area contributed by atoms with Crippen LogP contribution in [-0.4, -0.2) is 33.2 Å². The number of nitrogens with one attached hydrogen (secondary N) is 1. The highest BCUT2D eigenvalue weighted by Gasteiger charge is 2.20. The molecule has 0 aliphatic rings. The standard InChI is InChI=1S/C14H20ClNO4S/c1-4-10(2)16-14(17)9-21(18,19)8-11-7-12(15)5-6-13(11)20-3/h5-7,10H,4,8-9H2,1-3H3,(H,16,17)/t10-/m0/s1. The van der Waals surface area contributed by atoms with Crippen LogP contribution in [0.5, 0.6) is 5.75 Å². The van der Waals surface area contributed by atoms with Gasteiger partial charge in [0.2, 0.25) is 5.91 Å². The van der Waals surface area contributed by atoms with Crippen LogP contribution in [0.1, 0.15) is 25.8 Å². The molecule has 1 N–H and O–H groups in total. The van der Waals surface area contributed by atoms with E-state index in [1.54, 1.807) is 12.1 Å². The van der Waals surface area contributed by atoms with E-state index in [2.05, 4.69) is 5.32 Å². The number of hydrogen-bond acceptors (Lipinski definition) is 4. The van der Waals surface area contributed by atoms with Gasteiger partial charge in [-0.2, -0.15) is 0 Å². The minimum atomic E-state index is -3.59. The van der Waals surface area contributed by atoms with E-state index < -0.39 is 21.5 Å². The zero-order valence-electron chi connectivity index (χ0n) is 12.3. The smallest absolute Gasteiger partial charge is 0.235 e. The molecule has 7 heteroatoms. The Hall–Kier alpha value is -1.27. The van der Waals surface area contributed by atoms with Gasteiger partial charge in [0.25, 0.3) is 0 Å². The largest absolute Gasteiger partial charge is 0.496 e. The van der Waals surface area contributed by atoms with Gasteiger partial charge in [-0.1, -0.05) is 18.5 Å². The van der Waals surface area contributed by atoms with E-state index in [4.69, 9.17) is 16.3 Å². The Bertz CT molecular complexity index is 601. The van der Waals surface area contributed by atoms with Gasteiger partial charge in [0.1, 0.15) is 11.5 Å². The van der Waals surface area contributed by atoms with Gasteiger partial charge >= 0.3 is 0 Å². The highest BCUT2D eigenvalue weighted by atomic mass is 35.5. The lowest BCUT2D eigenvalue weighted by Gasteiger charge is -2.12. The number of carbonyl (C=O) groups is 1. The first-order chi connectivity index (χ1) is 9.77. The van der Waals surface area contributed by atoms with Crippen molar-refractivity contribution in [2.24, 2.45) is 0 Å². The van der Waals surface area contributed by atoms with Crippen molar-refractivity contribution in [1.29, 1.82) is 0 Å². The molecular formula is C14H20ClNO4S. The molecule has 0 aliphatic heterocycles. The number of rotatable bonds is 7. The maximum absolute atomic E-state index is 12.1. The second-order valence-corrected chi connectivity index (χ2v) is 7.37. The van der Waals surface area contributed by atoms with Crippen molar-refractivity contribution >= 4 is 27.3 Å². The van der Waals surface area contributed by atoms with Crippen LogP contribution < -0.4 is 10.1 Å². The molecule has 5 nitrogen and oxygen atoms in total. The van der Waals surface area contributed by atoms with Gasteiger partial charge in [-0.25, -0.2) is 8.42 Å². The third-order valence-electron chi connectivity index (χ3n) is 2.99. The van der Waals surface area contributed by atoms with Crippen LogP contribution in [0.3, 0.4) is 0 Å². The average Bonchev–Trinajstić information content (AvgIpc) is 2.37. The summed E-state index contributed by atoms with van der Waals surface area (Å²) in [5, 5.41) is 3.06. The molecule has 0 bridgehead atoms. The third-order valence-corrected chi connectivity index (χ3v) is 4.68. The normalized spacial score (nSPS) is 12.8. The van der Waals surface area contributed by atoms with Crippen LogP contribution in [-0.2, 0) is 20.4 Å². The van der Waals surface area contributed by atoms with Crippen LogP contribution in [0.15, 0.2) is 18.2 Å². The fraction of sp³-hybridized carbons (Fsp3) is 0.500. The Morgan fingerprint density at radius 3 is 2.67 bits per heavy atom. The molecule has 1 rings (SSSR count). The van der Waals surface area contributed by atoms with Gasteiger partial charge < -0.3 is 10.1 Å². The first-order valence-electron chi connectivity index (χ1n) is 6.59. The molecule has 21 heavy (non-hydrogen) atoms. The van der Waals surface area contributed by atoms with Gasteiger partial charge in [-0.05, 0) is 31.5 Å². The molecule has 0 unspecified atom stereocenters. The topological polar surface area (TPSA) is 72.5 Å². The number of benzene rings is 1. The van der Waals surface area contributed by atoms with Crippen LogP contribution in [0.25, 0.3) is 0 Å². The van der Waals surface area contributed by atoms with Crippen LogP contribution in [0, 0.1) is 0 Å². The van der Waals surface area contributed by atoms with Crippen LogP contribution >= 0.6 is 11.6 Å². The number of ether oxygens (including phenoxy) is 1. The molecule has 1 atom stereocenters. The van der Waals surface area contributed by atoms with E-state index in [0.29, 0.717) is 16.3 Å². The molecular weight excluding hydrogens is 314 g/mol. The maximum Gasteiger partial charge on any atom is 0.235 e. The Morgan fingerprint density at radius 1 is 1.43 bits per heavy atom. The summed E-state index contributed by atoms with van der Waals surface area (Å²) in [6, 6.07) is 4.71. The molecule has 0 aromatic heterocycles. The summed E-state index contributed by atoms with van der Waals surface area (Å²) in [4.78, 5) is 11.7. The Morgan fingerprint density at radius 2 is 2.10 bits per heavy atom. The van der Waals surface area contributed by atoms with Crippen molar-refractivity contribution in [3.63, 3.8) is 0 Å². The number of methoxy groups -OCH3 is 1. The van der Waals surface area contributed by atoms with E-state index in [0.717, 1.165) is 6.42 Å². The van der Waals surface area contributed by atoms with Gasteiger partial charge in [0.05, 0.1) is 12.9 Å². The molecule has 0 spiro atoms. The summed E-state index contributed by atoms with van der Waals surface area (Å²) >= 11 is 5.87. The summed E-state index contributed by atoms with van der Waals surface area (Å²) in [7, 11) is -2.13. The second kappa shape index (κ2) is 7.66. The minimum Gasteiger partial charge on any atom is -0.496 e. The summed E-state index contributed by atoms with van der Waals surface area (Å²) in [5.74, 6) is -0.895. The van der Waals surface area contributed by atoms with Crippen molar-refractivity contribution in [2.45, 2.75) is 32.1 Å². The van der Waals surface area contributed by atoms with Crippen molar-refractivity contribution in [3.05, 3.63) is 28.8 Å². The molecule has 1 aromatic carbocycles. The lowest BCUT2D eigenvalue weighted by atomic mass is 10.2. The maximum atomic E-state index is 12.1. The lowest BCUT2D eigenvalue weighted by Crippen LogP contribution is -2.36. The van der Waals surface area contributed by atoms with Gasteiger partial charge in [0.15, 0.2) is 9.84 Å². The molecule has 0 saturated heterocycles. The zero-order valence-corrected chi connectivity index (χ0v) is 13.9. The highest BCUT2D eigenvalue weighted by molar-refractivity contribution is 7.91. The van der Waals surface area contributed by atoms with Gasteiger partial charge in [-0.15, -0.1) is 0 Å². The van der Waals surface area contributed by atoms with Crippen molar-refractivity contribution in [1.82, 2.24) is 5.32 Å². The molecule has 0 radical (unpaired) electrons. The number of amides is 1. The summed E-state index contributed by atoms with van der Waals surface area (Å²) < 4.78 is 29.3. The SMILES string of the molecule is CC[C@H](C)NC(=O)CS(=O)(=O)Cc1cc(Cl)ccc1OC. The first kappa shape index (κ1) is 17.8. The van der Waals surface area contributed by atoms with Crippen LogP contribution in [0.2, 0.25) is 5.02 Å². The monoisotopic (exact) mass is 333 g/mol. The molecule has 0 aliphatic carbocycles. The number of halogens is 1. The molecule has 1 amide bonds. The first-order valence-corrected chi connectivity index (χ1v) is 8.79. The minimum absolute atomic E-state index is 0.0478. The number of carbonyl (C=O) groups excluding carboxylic acids is 1. The zero-order chi connectivity index (χ0) is 16.0. The summed E-state index contributed by atoms with van der Waals surface area (Å²) in [5.41, 5.74) is 0.446. The van der Waals surface area contributed by atoms with E-state index in [9.17, 15) is 13.2 Å². The van der Waals surface area contributed by atoms with Crippen molar-refractivity contribution in [2.75, 3.05) is 12.9 Å². The number of sulfone groups is 1. The quantitative estimate of drug-likeness (QED) is 0.830. The van der Waals surface area contributed by atoms with E-state index in [1.165, 1.54) is 13.2 Å². The number of hydrogen-bond donors (Lipinski definition) is 1. The Labute approximate surface area is 130 Å². The molecule has 0 saturated carbocycles. The average molecular weight is 334 g/mol. The fourth-order valence-corrected chi connectivity index (χ4v) is 3.25. The van der Waals surface area contributed by atoms with Crippen molar-refractivity contribution < 1.29 is 17.9 Å². The van der Waals surface area contributed by atoms with E-state index in [-0.39, 0.29) is 11.8 Å². The predicted octanol–water partition coefficient (Wildman–Crippen LogP) is 2.18. The summed E-state index contributed by atoms with van der Waals surface area (Å²) in [6.45, 7) is 3.74. The van der Waals surface area contributed by atoms with Gasteiger partial charge in [-0.3, -0.25) is 4.79 Å². The van der Waals surface area contributed by atoms with Gasteiger partial charge in [0, 0.05) is 16.6 Å². The van der Waals surface area contributed by atoms with E-state index >= 15 is 0 Å². The van der Waals surface area contributed by atoms with Crippen LogP contribution in [0.4, 0.5) is 0 Å².